The first kappa shape index (κ1) is 13.5. The van der Waals surface area contributed by atoms with E-state index in [2.05, 4.69) is 13.8 Å². The number of hydrogen-bond donors (Lipinski definition) is 1. The molecule has 1 aliphatic rings. The minimum Gasteiger partial charge on any atom is -0.324 e. The number of hydrogen-bond acceptors (Lipinski definition) is 1. The Kier molecular flexibility index (Phi) is 3.45. The van der Waals surface area contributed by atoms with Crippen molar-refractivity contribution in [3.8, 4) is 0 Å². The largest absolute Gasteiger partial charge is 0.324 e. The lowest BCUT2D eigenvalue weighted by Crippen LogP contribution is -2.56. The maximum atomic E-state index is 13.7. The van der Waals surface area contributed by atoms with Crippen molar-refractivity contribution in [3.05, 3.63) is 35.4 Å². The van der Waals surface area contributed by atoms with Crippen LogP contribution in [-0.2, 0) is 6.42 Å². The van der Waals surface area contributed by atoms with E-state index in [0.29, 0.717) is 12.0 Å². The van der Waals surface area contributed by atoms with Gasteiger partial charge in [-0.25, -0.2) is 8.78 Å². The quantitative estimate of drug-likeness (QED) is 0.852. The Hall–Kier alpha value is -0.960. The highest BCUT2D eigenvalue weighted by Crippen LogP contribution is 2.44. The second kappa shape index (κ2) is 4.61. The Morgan fingerprint density at radius 1 is 1.17 bits per heavy atom. The molecular formula is C15H21F2N. The van der Waals surface area contributed by atoms with Crippen LogP contribution in [0.5, 0.6) is 0 Å². The molecule has 3 heteroatoms. The first-order chi connectivity index (χ1) is 8.34. The van der Waals surface area contributed by atoms with Gasteiger partial charge in [0, 0.05) is 5.54 Å². The standard InChI is InChI=1S/C15H21F2N/c1-14(2)7-3-4-8-15(14,18)10-11-9-12(16)5-6-13(11)17/h5-6,9H,3-4,7-8,10,18H2,1-2H3. The molecule has 2 rings (SSSR count). The SMILES string of the molecule is CC1(C)CCCCC1(N)Cc1cc(F)ccc1F. The molecule has 0 heterocycles. The fourth-order valence-electron chi connectivity index (χ4n) is 2.94. The van der Waals surface area contributed by atoms with Gasteiger partial charge in [-0.05, 0) is 48.4 Å². The van der Waals surface area contributed by atoms with Crippen LogP contribution >= 0.6 is 0 Å². The number of halogens is 2. The average Bonchev–Trinajstić information content (AvgIpc) is 2.28. The zero-order valence-electron chi connectivity index (χ0n) is 11.1. The molecule has 100 valence electrons. The minimum absolute atomic E-state index is 0.0377. The monoisotopic (exact) mass is 253 g/mol. The predicted octanol–water partition coefficient (Wildman–Crippen LogP) is 3.81. The van der Waals surface area contributed by atoms with Crippen molar-refractivity contribution < 1.29 is 8.78 Å². The summed E-state index contributed by atoms with van der Waals surface area (Å²) in [7, 11) is 0. The fourth-order valence-corrected chi connectivity index (χ4v) is 2.94. The first-order valence-electron chi connectivity index (χ1n) is 6.57. The smallest absolute Gasteiger partial charge is 0.126 e. The van der Waals surface area contributed by atoms with Crippen LogP contribution in [0.2, 0.25) is 0 Å². The second-order valence-corrected chi connectivity index (χ2v) is 6.16. The third-order valence-corrected chi connectivity index (χ3v) is 4.54. The third-order valence-electron chi connectivity index (χ3n) is 4.54. The van der Waals surface area contributed by atoms with E-state index in [0.717, 1.165) is 31.7 Å². The molecule has 1 unspecified atom stereocenters. The van der Waals surface area contributed by atoms with Crippen molar-refractivity contribution >= 4 is 0 Å². The lowest BCUT2D eigenvalue weighted by Gasteiger charge is -2.48. The van der Waals surface area contributed by atoms with Crippen LogP contribution in [0, 0.1) is 17.0 Å². The molecule has 1 aromatic carbocycles. The molecule has 1 fully saturated rings. The summed E-state index contributed by atoms with van der Waals surface area (Å²) in [6.45, 7) is 4.26. The summed E-state index contributed by atoms with van der Waals surface area (Å²) in [5, 5.41) is 0. The minimum atomic E-state index is -0.445. The van der Waals surface area contributed by atoms with Gasteiger partial charge >= 0.3 is 0 Å². The van der Waals surface area contributed by atoms with Gasteiger partial charge in [-0.2, -0.15) is 0 Å². The van der Waals surface area contributed by atoms with Crippen LogP contribution in [0.15, 0.2) is 18.2 Å². The Bertz CT molecular complexity index is 442. The molecule has 0 aliphatic heterocycles. The van der Waals surface area contributed by atoms with E-state index in [-0.39, 0.29) is 11.2 Å². The third kappa shape index (κ3) is 2.41. The van der Waals surface area contributed by atoms with Crippen molar-refractivity contribution in [2.24, 2.45) is 11.1 Å². The number of rotatable bonds is 2. The van der Waals surface area contributed by atoms with Gasteiger partial charge in [0.1, 0.15) is 11.6 Å². The van der Waals surface area contributed by atoms with E-state index in [4.69, 9.17) is 5.73 Å². The Morgan fingerprint density at radius 3 is 2.50 bits per heavy atom. The Morgan fingerprint density at radius 2 is 1.83 bits per heavy atom. The summed E-state index contributed by atoms with van der Waals surface area (Å²) in [6.07, 6.45) is 4.55. The molecule has 0 saturated heterocycles. The zero-order chi connectivity index (χ0) is 13.4. The molecule has 0 amide bonds. The number of nitrogens with two attached hydrogens (primary N) is 1. The highest BCUT2D eigenvalue weighted by Gasteiger charge is 2.43. The van der Waals surface area contributed by atoms with Gasteiger partial charge in [0.15, 0.2) is 0 Å². The Labute approximate surface area is 107 Å². The second-order valence-electron chi connectivity index (χ2n) is 6.16. The molecule has 18 heavy (non-hydrogen) atoms. The molecule has 0 radical (unpaired) electrons. The van der Waals surface area contributed by atoms with Gasteiger partial charge in [0.05, 0.1) is 0 Å². The van der Waals surface area contributed by atoms with Gasteiger partial charge in [-0.3, -0.25) is 0 Å². The maximum absolute atomic E-state index is 13.7. The van der Waals surface area contributed by atoms with Crippen molar-refractivity contribution in [2.75, 3.05) is 0 Å². The summed E-state index contributed by atoms with van der Waals surface area (Å²) in [5.41, 5.74) is 6.41. The van der Waals surface area contributed by atoms with Crippen molar-refractivity contribution in [2.45, 2.75) is 51.5 Å². The maximum Gasteiger partial charge on any atom is 0.126 e. The van der Waals surface area contributed by atoms with Crippen LogP contribution < -0.4 is 5.73 Å². The van der Waals surface area contributed by atoms with Crippen molar-refractivity contribution in [1.82, 2.24) is 0 Å². The van der Waals surface area contributed by atoms with E-state index in [1.165, 1.54) is 12.1 Å². The van der Waals surface area contributed by atoms with E-state index >= 15 is 0 Å². The summed E-state index contributed by atoms with van der Waals surface area (Å²) >= 11 is 0. The summed E-state index contributed by atoms with van der Waals surface area (Å²) in [6, 6.07) is 3.60. The zero-order valence-corrected chi connectivity index (χ0v) is 11.1. The van der Waals surface area contributed by atoms with E-state index in [1.807, 2.05) is 0 Å². The lowest BCUT2D eigenvalue weighted by atomic mass is 9.61. The average molecular weight is 253 g/mol. The van der Waals surface area contributed by atoms with Gasteiger partial charge in [0.25, 0.3) is 0 Å². The van der Waals surface area contributed by atoms with Crippen LogP contribution in [-0.4, -0.2) is 5.54 Å². The highest BCUT2D eigenvalue weighted by atomic mass is 19.1. The van der Waals surface area contributed by atoms with Gasteiger partial charge < -0.3 is 5.73 Å². The van der Waals surface area contributed by atoms with Gasteiger partial charge in [0.2, 0.25) is 0 Å². The van der Waals surface area contributed by atoms with Gasteiger partial charge in [-0.1, -0.05) is 26.7 Å². The molecule has 1 atom stereocenters. The van der Waals surface area contributed by atoms with Crippen LogP contribution in [0.25, 0.3) is 0 Å². The summed E-state index contributed by atoms with van der Waals surface area (Å²) in [4.78, 5) is 0. The van der Waals surface area contributed by atoms with Crippen LogP contribution in [0.4, 0.5) is 8.78 Å². The van der Waals surface area contributed by atoms with E-state index in [1.54, 1.807) is 0 Å². The molecule has 1 aromatic rings. The molecule has 1 saturated carbocycles. The van der Waals surface area contributed by atoms with Crippen LogP contribution in [0.3, 0.4) is 0 Å². The molecule has 0 aromatic heterocycles. The van der Waals surface area contributed by atoms with Gasteiger partial charge in [-0.15, -0.1) is 0 Å². The molecular weight excluding hydrogens is 232 g/mol. The molecule has 1 nitrogen and oxygen atoms in total. The Balaban J connectivity index is 2.28. The molecule has 2 N–H and O–H groups in total. The summed E-state index contributed by atoms with van der Waals surface area (Å²) in [5.74, 6) is -0.758. The van der Waals surface area contributed by atoms with Crippen molar-refractivity contribution in [3.63, 3.8) is 0 Å². The topological polar surface area (TPSA) is 26.0 Å². The molecule has 1 aliphatic carbocycles. The fraction of sp³-hybridized carbons (Fsp3) is 0.600. The predicted molar refractivity (Wildman–Crippen MR) is 69.2 cm³/mol. The lowest BCUT2D eigenvalue weighted by molar-refractivity contribution is 0.0981. The van der Waals surface area contributed by atoms with Crippen LogP contribution in [0.1, 0.15) is 45.1 Å². The normalized spacial score (nSPS) is 27.2. The van der Waals surface area contributed by atoms with E-state index in [9.17, 15) is 8.78 Å². The van der Waals surface area contributed by atoms with E-state index < -0.39 is 11.4 Å². The number of benzene rings is 1. The molecule has 0 bridgehead atoms. The van der Waals surface area contributed by atoms with Crippen molar-refractivity contribution in [1.29, 1.82) is 0 Å². The molecule has 0 spiro atoms. The first-order valence-corrected chi connectivity index (χ1v) is 6.57. The highest BCUT2D eigenvalue weighted by molar-refractivity contribution is 5.22. The summed E-state index contributed by atoms with van der Waals surface area (Å²) < 4.78 is 26.9.